The summed E-state index contributed by atoms with van der Waals surface area (Å²) in [6, 6.07) is 10.0. The van der Waals surface area contributed by atoms with Crippen molar-refractivity contribution in [2.24, 2.45) is 9.98 Å². The molecule has 0 aliphatic carbocycles. The zero-order chi connectivity index (χ0) is 11.6. The van der Waals surface area contributed by atoms with Crippen LogP contribution in [0.25, 0.3) is 0 Å². The van der Waals surface area contributed by atoms with Crippen LogP contribution in [0.15, 0.2) is 65.1 Å². The number of allylic oxidation sites excluding steroid dienone is 2. The minimum atomic E-state index is 0.593. The lowest BCUT2D eigenvalue weighted by Gasteiger charge is -1.94. The SMILES string of the molecule is C=C/C=C\C(CN=Cc1ccccc1)=NC. The summed E-state index contributed by atoms with van der Waals surface area (Å²) >= 11 is 0. The van der Waals surface area contributed by atoms with Crippen molar-refractivity contribution in [3.8, 4) is 0 Å². The zero-order valence-corrected chi connectivity index (χ0v) is 9.50. The maximum atomic E-state index is 4.32. The maximum Gasteiger partial charge on any atom is 0.0807 e. The van der Waals surface area contributed by atoms with Gasteiger partial charge >= 0.3 is 0 Å². The van der Waals surface area contributed by atoms with Crippen molar-refractivity contribution in [1.29, 1.82) is 0 Å². The van der Waals surface area contributed by atoms with Crippen LogP contribution in [-0.2, 0) is 0 Å². The Morgan fingerprint density at radius 1 is 1.31 bits per heavy atom. The minimum absolute atomic E-state index is 0.593. The van der Waals surface area contributed by atoms with Gasteiger partial charge in [0.2, 0.25) is 0 Å². The fourth-order valence-corrected chi connectivity index (χ4v) is 1.16. The third-order valence-corrected chi connectivity index (χ3v) is 2.01. The van der Waals surface area contributed by atoms with Crippen molar-refractivity contribution in [2.45, 2.75) is 0 Å². The fraction of sp³-hybridized carbons (Fsp3) is 0.143. The van der Waals surface area contributed by atoms with Gasteiger partial charge in [-0.25, -0.2) is 0 Å². The first-order valence-corrected chi connectivity index (χ1v) is 5.16. The molecule has 1 aromatic carbocycles. The second-order valence-corrected chi connectivity index (χ2v) is 3.19. The van der Waals surface area contributed by atoms with Crippen LogP contribution >= 0.6 is 0 Å². The number of rotatable bonds is 5. The Hall–Kier alpha value is -1.96. The molecule has 0 spiro atoms. The van der Waals surface area contributed by atoms with E-state index in [2.05, 4.69) is 16.6 Å². The third-order valence-electron chi connectivity index (χ3n) is 2.01. The second kappa shape index (κ2) is 7.35. The Kier molecular flexibility index (Phi) is 5.56. The number of benzene rings is 1. The molecule has 0 heterocycles. The van der Waals surface area contributed by atoms with E-state index in [9.17, 15) is 0 Å². The number of hydrogen-bond donors (Lipinski definition) is 0. The van der Waals surface area contributed by atoms with Crippen molar-refractivity contribution in [3.05, 3.63) is 60.7 Å². The maximum absolute atomic E-state index is 4.32. The van der Waals surface area contributed by atoms with Gasteiger partial charge in [0.05, 0.1) is 12.3 Å². The molecular formula is C14H16N2. The summed E-state index contributed by atoms with van der Waals surface area (Å²) in [7, 11) is 1.76. The van der Waals surface area contributed by atoms with E-state index in [1.54, 1.807) is 13.1 Å². The van der Waals surface area contributed by atoms with Gasteiger partial charge in [-0.1, -0.05) is 49.1 Å². The van der Waals surface area contributed by atoms with Gasteiger partial charge in [0, 0.05) is 13.3 Å². The van der Waals surface area contributed by atoms with E-state index in [0.29, 0.717) is 6.54 Å². The molecule has 0 aliphatic rings. The van der Waals surface area contributed by atoms with Crippen LogP contribution in [0.4, 0.5) is 0 Å². The summed E-state index contributed by atoms with van der Waals surface area (Å²) in [5.41, 5.74) is 2.04. The highest BCUT2D eigenvalue weighted by Gasteiger charge is 1.89. The lowest BCUT2D eigenvalue weighted by atomic mass is 10.2. The number of nitrogens with zero attached hydrogens (tertiary/aromatic N) is 2. The van der Waals surface area contributed by atoms with Crippen molar-refractivity contribution < 1.29 is 0 Å². The van der Waals surface area contributed by atoms with Crippen LogP contribution < -0.4 is 0 Å². The molecule has 0 saturated carbocycles. The molecule has 0 bridgehead atoms. The lowest BCUT2D eigenvalue weighted by molar-refractivity contribution is 1.28. The minimum Gasteiger partial charge on any atom is -0.291 e. The summed E-state index contributed by atoms with van der Waals surface area (Å²) in [6.07, 6.45) is 7.36. The van der Waals surface area contributed by atoms with E-state index in [1.165, 1.54) is 0 Å². The number of aliphatic imine (C=N–C) groups is 2. The molecule has 0 saturated heterocycles. The Morgan fingerprint density at radius 2 is 2.06 bits per heavy atom. The predicted octanol–water partition coefficient (Wildman–Crippen LogP) is 2.92. The molecule has 0 aromatic heterocycles. The molecule has 0 N–H and O–H groups in total. The van der Waals surface area contributed by atoms with E-state index >= 15 is 0 Å². The van der Waals surface area contributed by atoms with E-state index in [1.807, 2.05) is 48.7 Å². The number of hydrogen-bond acceptors (Lipinski definition) is 2. The molecule has 0 radical (unpaired) electrons. The van der Waals surface area contributed by atoms with Crippen LogP contribution in [-0.4, -0.2) is 25.5 Å². The van der Waals surface area contributed by atoms with Crippen LogP contribution in [0.5, 0.6) is 0 Å². The molecule has 82 valence electrons. The molecular weight excluding hydrogens is 196 g/mol. The van der Waals surface area contributed by atoms with E-state index in [-0.39, 0.29) is 0 Å². The summed E-state index contributed by atoms with van der Waals surface area (Å²) in [5, 5.41) is 0. The third kappa shape index (κ3) is 4.51. The van der Waals surface area contributed by atoms with E-state index in [0.717, 1.165) is 11.3 Å². The van der Waals surface area contributed by atoms with Gasteiger partial charge in [0.1, 0.15) is 0 Å². The standard InChI is InChI=1S/C14H16N2/c1-3-4-10-14(15-2)12-16-11-13-8-6-5-7-9-13/h3-11H,1,12H2,2H3/b10-4-,15-14?,16-11?. The molecule has 2 heteroatoms. The summed E-state index contributed by atoms with van der Waals surface area (Å²) in [5.74, 6) is 0. The normalized spacial score (nSPS) is 12.4. The molecule has 16 heavy (non-hydrogen) atoms. The van der Waals surface area contributed by atoms with Crippen molar-refractivity contribution in [2.75, 3.05) is 13.6 Å². The largest absolute Gasteiger partial charge is 0.291 e. The Bertz CT molecular complexity index is 400. The van der Waals surface area contributed by atoms with Crippen molar-refractivity contribution in [3.63, 3.8) is 0 Å². The Balaban J connectivity index is 2.53. The van der Waals surface area contributed by atoms with E-state index < -0.39 is 0 Å². The quantitative estimate of drug-likeness (QED) is 0.529. The smallest absolute Gasteiger partial charge is 0.0807 e. The van der Waals surface area contributed by atoms with Gasteiger partial charge in [-0.15, -0.1) is 0 Å². The van der Waals surface area contributed by atoms with Crippen LogP contribution in [0.3, 0.4) is 0 Å². The lowest BCUT2D eigenvalue weighted by Crippen LogP contribution is -1.98. The topological polar surface area (TPSA) is 24.7 Å². The molecule has 0 fully saturated rings. The van der Waals surface area contributed by atoms with Gasteiger partial charge in [0.25, 0.3) is 0 Å². The Labute approximate surface area is 96.8 Å². The zero-order valence-electron chi connectivity index (χ0n) is 9.50. The Morgan fingerprint density at radius 3 is 2.69 bits per heavy atom. The van der Waals surface area contributed by atoms with Crippen molar-refractivity contribution in [1.82, 2.24) is 0 Å². The van der Waals surface area contributed by atoms with E-state index in [4.69, 9.17) is 0 Å². The highest BCUT2D eigenvalue weighted by atomic mass is 14.8. The fourth-order valence-electron chi connectivity index (χ4n) is 1.16. The van der Waals surface area contributed by atoms with Crippen LogP contribution in [0.2, 0.25) is 0 Å². The molecule has 2 nitrogen and oxygen atoms in total. The molecule has 0 amide bonds. The highest BCUT2D eigenvalue weighted by molar-refractivity contribution is 5.97. The molecule has 0 unspecified atom stereocenters. The summed E-state index contributed by atoms with van der Waals surface area (Å²) in [4.78, 5) is 8.45. The second-order valence-electron chi connectivity index (χ2n) is 3.19. The van der Waals surface area contributed by atoms with Crippen LogP contribution in [0, 0.1) is 0 Å². The average Bonchev–Trinajstić information content (AvgIpc) is 2.35. The first-order valence-electron chi connectivity index (χ1n) is 5.16. The molecule has 0 aliphatic heterocycles. The first kappa shape index (κ1) is 12.1. The van der Waals surface area contributed by atoms with Gasteiger partial charge in [-0.2, -0.15) is 0 Å². The highest BCUT2D eigenvalue weighted by Crippen LogP contribution is 1.94. The molecule has 1 rings (SSSR count). The van der Waals surface area contributed by atoms with Crippen molar-refractivity contribution >= 4 is 11.9 Å². The monoisotopic (exact) mass is 212 g/mol. The predicted molar refractivity (Wildman–Crippen MR) is 71.6 cm³/mol. The van der Waals surface area contributed by atoms with Gasteiger partial charge < -0.3 is 0 Å². The average molecular weight is 212 g/mol. The molecule has 0 atom stereocenters. The van der Waals surface area contributed by atoms with Crippen LogP contribution in [0.1, 0.15) is 5.56 Å². The summed E-state index contributed by atoms with van der Waals surface area (Å²) in [6.45, 7) is 4.21. The molecule has 1 aromatic rings. The van der Waals surface area contributed by atoms with Gasteiger partial charge in [-0.3, -0.25) is 9.98 Å². The van der Waals surface area contributed by atoms with Gasteiger partial charge in [0.15, 0.2) is 0 Å². The summed E-state index contributed by atoms with van der Waals surface area (Å²) < 4.78 is 0. The van der Waals surface area contributed by atoms with Gasteiger partial charge in [-0.05, 0) is 11.6 Å². The first-order chi connectivity index (χ1) is 7.86.